The van der Waals surface area contributed by atoms with Gasteiger partial charge in [0.25, 0.3) is 0 Å². The van der Waals surface area contributed by atoms with Crippen molar-refractivity contribution in [3.05, 3.63) is 29.8 Å². The van der Waals surface area contributed by atoms with Crippen molar-refractivity contribution in [2.75, 3.05) is 34.7 Å². The van der Waals surface area contributed by atoms with Gasteiger partial charge in [-0.05, 0) is 24.1 Å². The van der Waals surface area contributed by atoms with E-state index >= 15 is 0 Å². The lowest BCUT2D eigenvalue weighted by Crippen LogP contribution is -2.33. The number of ether oxygens (including phenoxy) is 4. The molecule has 4 nitrogen and oxygen atoms in total. The Morgan fingerprint density at radius 2 is 1.89 bits per heavy atom. The third kappa shape index (κ3) is 3.45. The van der Waals surface area contributed by atoms with Gasteiger partial charge in [0.15, 0.2) is 6.79 Å². The minimum Gasteiger partial charge on any atom is -0.468 e. The van der Waals surface area contributed by atoms with E-state index in [1.807, 2.05) is 24.3 Å². The van der Waals surface area contributed by atoms with Crippen molar-refractivity contribution >= 4 is 0 Å². The van der Waals surface area contributed by atoms with Crippen molar-refractivity contribution in [1.29, 1.82) is 0 Å². The van der Waals surface area contributed by atoms with Gasteiger partial charge in [-0.2, -0.15) is 0 Å². The molecular weight excluding hydrogens is 232 g/mol. The molecule has 0 bridgehead atoms. The fourth-order valence-electron chi connectivity index (χ4n) is 1.94. The molecule has 102 valence electrons. The molecule has 1 aromatic rings. The summed E-state index contributed by atoms with van der Waals surface area (Å²) in [5, 5.41) is 0. The predicted octanol–water partition coefficient (Wildman–Crippen LogP) is 2.57. The maximum absolute atomic E-state index is 5.66. The fraction of sp³-hybridized carbons (Fsp3) is 0.571. The first-order valence-electron chi connectivity index (χ1n) is 5.98. The summed E-state index contributed by atoms with van der Waals surface area (Å²) in [6, 6.07) is 7.82. The molecule has 0 aliphatic carbocycles. The minimum atomic E-state index is -0.429. The Balaban J connectivity index is 2.97. The van der Waals surface area contributed by atoms with Crippen LogP contribution in [0.15, 0.2) is 24.3 Å². The molecule has 0 aromatic heterocycles. The SMILES string of the molecule is CCC(COC)(OC)c1cccc(OCOC)c1. The highest BCUT2D eigenvalue weighted by molar-refractivity contribution is 5.32. The van der Waals surface area contributed by atoms with E-state index in [-0.39, 0.29) is 6.79 Å². The summed E-state index contributed by atoms with van der Waals surface area (Å²) >= 11 is 0. The second-order valence-corrected chi connectivity index (χ2v) is 4.06. The Bertz CT molecular complexity index is 347. The molecule has 0 amide bonds. The molecule has 1 atom stereocenters. The zero-order valence-electron chi connectivity index (χ0n) is 11.6. The smallest absolute Gasteiger partial charge is 0.188 e. The third-order valence-electron chi connectivity index (χ3n) is 3.04. The van der Waals surface area contributed by atoms with Crippen LogP contribution in [0.4, 0.5) is 0 Å². The lowest BCUT2D eigenvalue weighted by Gasteiger charge is -2.31. The van der Waals surface area contributed by atoms with E-state index in [2.05, 4.69) is 6.92 Å². The van der Waals surface area contributed by atoms with E-state index in [4.69, 9.17) is 18.9 Å². The van der Waals surface area contributed by atoms with Crippen molar-refractivity contribution in [3.63, 3.8) is 0 Å². The highest BCUT2D eigenvalue weighted by atomic mass is 16.7. The first kappa shape index (κ1) is 15.0. The van der Waals surface area contributed by atoms with Gasteiger partial charge >= 0.3 is 0 Å². The molecule has 0 saturated carbocycles. The fourth-order valence-corrected chi connectivity index (χ4v) is 1.94. The first-order valence-corrected chi connectivity index (χ1v) is 5.98. The lowest BCUT2D eigenvalue weighted by atomic mass is 9.91. The van der Waals surface area contributed by atoms with Gasteiger partial charge in [-0.3, -0.25) is 0 Å². The summed E-state index contributed by atoms with van der Waals surface area (Å²) < 4.78 is 21.3. The highest BCUT2D eigenvalue weighted by Gasteiger charge is 2.30. The molecule has 0 spiro atoms. The molecule has 1 aromatic carbocycles. The summed E-state index contributed by atoms with van der Waals surface area (Å²) in [6.45, 7) is 2.82. The monoisotopic (exact) mass is 254 g/mol. The van der Waals surface area contributed by atoms with Gasteiger partial charge in [0, 0.05) is 21.3 Å². The number of benzene rings is 1. The molecular formula is C14H22O4. The van der Waals surface area contributed by atoms with Crippen molar-refractivity contribution in [2.24, 2.45) is 0 Å². The summed E-state index contributed by atoms with van der Waals surface area (Å²) in [5.41, 5.74) is 0.615. The largest absolute Gasteiger partial charge is 0.468 e. The summed E-state index contributed by atoms with van der Waals surface area (Å²) in [6.07, 6.45) is 0.824. The Kier molecular flexibility index (Phi) is 6.12. The molecule has 0 fully saturated rings. The van der Waals surface area contributed by atoms with Crippen LogP contribution in [0.25, 0.3) is 0 Å². The van der Waals surface area contributed by atoms with Crippen LogP contribution in [0.1, 0.15) is 18.9 Å². The van der Waals surface area contributed by atoms with E-state index in [0.29, 0.717) is 6.61 Å². The number of hydrogen-bond acceptors (Lipinski definition) is 4. The third-order valence-corrected chi connectivity index (χ3v) is 3.04. The average molecular weight is 254 g/mol. The van der Waals surface area contributed by atoms with Crippen LogP contribution in [0, 0.1) is 0 Å². The van der Waals surface area contributed by atoms with Gasteiger partial charge in [-0.1, -0.05) is 19.1 Å². The molecule has 0 heterocycles. The highest BCUT2D eigenvalue weighted by Crippen LogP contribution is 2.31. The van der Waals surface area contributed by atoms with Crippen molar-refractivity contribution in [3.8, 4) is 5.75 Å². The average Bonchev–Trinajstić information content (AvgIpc) is 2.43. The lowest BCUT2D eigenvalue weighted by molar-refractivity contribution is -0.0721. The van der Waals surface area contributed by atoms with Crippen LogP contribution in [0.3, 0.4) is 0 Å². The van der Waals surface area contributed by atoms with Crippen LogP contribution in [0.5, 0.6) is 5.75 Å². The van der Waals surface area contributed by atoms with Gasteiger partial charge in [0.2, 0.25) is 0 Å². The second kappa shape index (κ2) is 7.36. The Labute approximate surface area is 109 Å². The van der Waals surface area contributed by atoms with Crippen molar-refractivity contribution in [2.45, 2.75) is 18.9 Å². The molecule has 0 aliphatic heterocycles. The number of hydrogen-bond donors (Lipinski definition) is 0. The Morgan fingerprint density at radius 3 is 2.44 bits per heavy atom. The van der Waals surface area contributed by atoms with Crippen LogP contribution in [-0.2, 0) is 19.8 Å². The standard InChI is InChI=1S/C14H22O4/c1-5-14(17-4,10-15-2)12-7-6-8-13(9-12)18-11-16-3/h6-9H,5,10-11H2,1-4H3. The number of methoxy groups -OCH3 is 3. The first-order chi connectivity index (χ1) is 8.72. The van der Waals surface area contributed by atoms with Crippen LogP contribution in [0.2, 0.25) is 0 Å². The maximum atomic E-state index is 5.66. The van der Waals surface area contributed by atoms with E-state index in [1.54, 1.807) is 21.3 Å². The zero-order chi connectivity index (χ0) is 13.4. The normalized spacial score (nSPS) is 14.2. The summed E-state index contributed by atoms with van der Waals surface area (Å²) in [4.78, 5) is 0. The van der Waals surface area contributed by atoms with Crippen LogP contribution < -0.4 is 4.74 Å². The summed E-state index contributed by atoms with van der Waals surface area (Å²) in [5.74, 6) is 0.764. The van der Waals surface area contributed by atoms with Gasteiger partial charge < -0.3 is 18.9 Å². The van der Waals surface area contributed by atoms with Gasteiger partial charge in [-0.15, -0.1) is 0 Å². The number of rotatable bonds is 8. The molecule has 4 heteroatoms. The molecule has 1 rings (SSSR count). The maximum Gasteiger partial charge on any atom is 0.188 e. The Morgan fingerprint density at radius 1 is 1.11 bits per heavy atom. The molecule has 18 heavy (non-hydrogen) atoms. The van der Waals surface area contributed by atoms with E-state index in [9.17, 15) is 0 Å². The molecule has 0 N–H and O–H groups in total. The van der Waals surface area contributed by atoms with E-state index in [0.717, 1.165) is 17.7 Å². The quantitative estimate of drug-likeness (QED) is 0.668. The topological polar surface area (TPSA) is 36.9 Å². The van der Waals surface area contributed by atoms with E-state index < -0.39 is 5.60 Å². The van der Waals surface area contributed by atoms with Crippen molar-refractivity contribution < 1.29 is 18.9 Å². The van der Waals surface area contributed by atoms with E-state index in [1.165, 1.54) is 0 Å². The summed E-state index contributed by atoms with van der Waals surface area (Å²) in [7, 11) is 4.97. The van der Waals surface area contributed by atoms with Gasteiger partial charge in [0.1, 0.15) is 11.4 Å². The van der Waals surface area contributed by atoms with Gasteiger partial charge in [0.05, 0.1) is 6.61 Å². The zero-order valence-corrected chi connectivity index (χ0v) is 11.6. The molecule has 0 radical (unpaired) electrons. The van der Waals surface area contributed by atoms with Gasteiger partial charge in [-0.25, -0.2) is 0 Å². The Hall–Kier alpha value is -1.10. The second-order valence-electron chi connectivity index (χ2n) is 4.06. The van der Waals surface area contributed by atoms with Crippen LogP contribution >= 0.6 is 0 Å². The minimum absolute atomic E-state index is 0.236. The molecule has 0 aliphatic rings. The molecule has 1 unspecified atom stereocenters. The predicted molar refractivity (Wildman–Crippen MR) is 69.8 cm³/mol. The molecule has 0 saturated heterocycles. The van der Waals surface area contributed by atoms with Crippen LogP contribution in [-0.4, -0.2) is 34.7 Å². The van der Waals surface area contributed by atoms with Crippen molar-refractivity contribution in [1.82, 2.24) is 0 Å².